The molecule has 7 nitrogen and oxygen atoms in total. The number of nitrogens with one attached hydrogen (secondary N) is 1. The molecule has 1 N–H and O–H groups in total. The van der Waals surface area contributed by atoms with Gasteiger partial charge in [0.15, 0.2) is 5.65 Å². The van der Waals surface area contributed by atoms with Gasteiger partial charge in [0.1, 0.15) is 11.4 Å². The molecule has 1 aliphatic rings. The number of anilines is 1. The molecule has 1 saturated heterocycles. The molecule has 0 aliphatic carbocycles. The van der Waals surface area contributed by atoms with Crippen molar-refractivity contribution >= 4 is 17.4 Å². The smallest absolute Gasteiger partial charge is 0.306 e. The number of aromatic nitrogens is 3. The summed E-state index contributed by atoms with van der Waals surface area (Å²) < 4.78 is 1.72. The Kier molecular flexibility index (Phi) is 5.06. The predicted octanol–water partition coefficient (Wildman–Crippen LogP) is 4.60. The second kappa shape index (κ2) is 8.17. The largest absolute Gasteiger partial charge is 0.346 e. The predicted molar refractivity (Wildman–Crippen MR) is 122 cm³/mol. The van der Waals surface area contributed by atoms with Crippen LogP contribution in [0.15, 0.2) is 66.9 Å². The molecule has 1 atom stereocenters. The van der Waals surface area contributed by atoms with Gasteiger partial charge in [0.2, 0.25) is 0 Å². The number of rotatable bonds is 3. The summed E-state index contributed by atoms with van der Waals surface area (Å²) in [7, 11) is 0. The summed E-state index contributed by atoms with van der Waals surface area (Å²) >= 11 is 0. The third-order valence-corrected chi connectivity index (χ3v) is 5.56. The summed E-state index contributed by atoms with van der Waals surface area (Å²) in [6, 6.07) is 18.8. The summed E-state index contributed by atoms with van der Waals surface area (Å²) in [6.07, 6.45) is 8.16. The highest BCUT2D eigenvalue weighted by molar-refractivity contribution is 5.90. The molecule has 1 unspecified atom stereocenters. The van der Waals surface area contributed by atoms with Crippen LogP contribution in [0.25, 0.3) is 16.9 Å². The van der Waals surface area contributed by atoms with Gasteiger partial charge in [-0.2, -0.15) is 10.2 Å². The molecule has 7 heteroatoms. The Labute approximate surface area is 185 Å². The number of nitrogens with zero attached hydrogens (tertiary/aromatic N) is 4. The maximum atomic E-state index is 13.0. The first kappa shape index (κ1) is 19.8. The fourth-order valence-electron chi connectivity index (χ4n) is 4.01. The number of hydrogen-bond donors (Lipinski definition) is 1. The van der Waals surface area contributed by atoms with E-state index in [1.54, 1.807) is 10.7 Å². The van der Waals surface area contributed by atoms with Crippen LogP contribution in [0.5, 0.6) is 0 Å². The maximum Gasteiger partial charge on any atom is 0.346 e. The minimum absolute atomic E-state index is 0.128. The van der Waals surface area contributed by atoms with Crippen LogP contribution in [0.2, 0.25) is 0 Å². The van der Waals surface area contributed by atoms with E-state index in [4.69, 9.17) is 11.3 Å². The van der Waals surface area contributed by atoms with Gasteiger partial charge < -0.3 is 5.32 Å². The molecule has 2 aromatic carbocycles. The van der Waals surface area contributed by atoms with Crippen LogP contribution in [0.3, 0.4) is 0 Å². The zero-order valence-electron chi connectivity index (χ0n) is 17.5. The first-order valence-electron chi connectivity index (χ1n) is 10.3. The fraction of sp³-hybridized carbons (Fsp3) is 0.160. The number of urea groups is 1. The average molecular weight is 423 g/mol. The molecule has 5 rings (SSSR count). The number of imidazole rings is 1. The van der Waals surface area contributed by atoms with E-state index in [9.17, 15) is 4.79 Å². The van der Waals surface area contributed by atoms with Crippen molar-refractivity contribution in [3.05, 3.63) is 83.7 Å². The molecule has 1 aliphatic heterocycles. The van der Waals surface area contributed by atoms with Crippen molar-refractivity contribution in [1.29, 1.82) is 0 Å². The lowest BCUT2D eigenvalue weighted by Gasteiger charge is -2.23. The van der Waals surface area contributed by atoms with E-state index in [0.717, 1.165) is 28.8 Å². The van der Waals surface area contributed by atoms with Gasteiger partial charge in [-0.3, -0.25) is 4.84 Å². The van der Waals surface area contributed by atoms with E-state index in [0.29, 0.717) is 23.6 Å². The Bertz CT molecular complexity index is 1340. The van der Waals surface area contributed by atoms with E-state index in [1.807, 2.05) is 67.6 Å². The molecule has 3 heterocycles. The molecule has 0 radical (unpaired) electrons. The van der Waals surface area contributed by atoms with Crippen LogP contribution < -0.4 is 5.32 Å². The number of carbonyl (C=O) groups is 1. The van der Waals surface area contributed by atoms with Gasteiger partial charge in [0, 0.05) is 23.9 Å². The molecule has 0 bridgehead atoms. The Balaban J connectivity index is 1.47. The van der Waals surface area contributed by atoms with Crippen LogP contribution in [0.1, 0.15) is 29.3 Å². The highest BCUT2D eigenvalue weighted by atomic mass is 16.7. The summed E-state index contributed by atoms with van der Waals surface area (Å²) in [4.78, 5) is 23.2. The highest BCUT2D eigenvalue weighted by Crippen LogP contribution is 2.32. The summed E-state index contributed by atoms with van der Waals surface area (Å²) in [5, 5.41) is 8.78. The number of amides is 2. The van der Waals surface area contributed by atoms with Crippen molar-refractivity contribution in [1.82, 2.24) is 19.7 Å². The number of carbonyl (C=O) groups excluding carboxylic acids is 1. The average Bonchev–Trinajstić information content (AvgIpc) is 3.46. The topological polar surface area (TPSA) is 71.8 Å². The zero-order chi connectivity index (χ0) is 22.1. The van der Waals surface area contributed by atoms with E-state index in [2.05, 4.69) is 21.3 Å². The minimum atomic E-state index is -0.320. The van der Waals surface area contributed by atoms with Crippen LogP contribution in [0, 0.1) is 19.3 Å². The van der Waals surface area contributed by atoms with Gasteiger partial charge in [-0.15, -0.1) is 6.42 Å². The van der Waals surface area contributed by atoms with Crippen LogP contribution >= 0.6 is 0 Å². The van der Waals surface area contributed by atoms with Gasteiger partial charge in [-0.05, 0) is 48.2 Å². The third kappa shape index (κ3) is 3.47. The second-order valence-corrected chi connectivity index (χ2v) is 7.58. The lowest BCUT2D eigenvalue weighted by molar-refractivity contribution is -0.0829. The van der Waals surface area contributed by atoms with Crippen molar-refractivity contribution in [3.63, 3.8) is 0 Å². The molecular weight excluding hydrogens is 402 g/mol. The van der Waals surface area contributed by atoms with E-state index >= 15 is 0 Å². The number of aryl methyl sites for hydroxylation is 1. The summed E-state index contributed by atoms with van der Waals surface area (Å²) in [6.45, 7) is 2.48. The van der Waals surface area contributed by atoms with Gasteiger partial charge >= 0.3 is 6.03 Å². The van der Waals surface area contributed by atoms with E-state index in [-0.39, 0.29) is 12.1 Å². The van der Waals surface area contributed by atoms with E-state index < -0.39 is 0 Å². The zero-order valence-corrected chi connectivity index (χ0v) is 17.5. The molecule has 158 valence electrons. The SMILES string of the molecule is C#Cc1nc2cccnn2c1-c1cc(NC(=O)N2OCCC2c2ccccc2)ccc1C. The third-order valence-electron chi connectivity index (χ3n) is 5.56. The monoisotopic (exact) mass is 423 g/mol. The Hall–Kier alpha value is -4.15. The quantitative estimate of drug-likeness (QED) is 0.489. The Morgan fingerprint density at radius 2 is 2.03 bits per heavy atom. The molecule has 0 saturated carbocycles. The van der Waals surface area contributed by atoms with Crippen molar-refractivity contribution in [2.24, 2.45) is 0 Å². The van der Waals surface area contributed by atoms with Gasteiger partial charge in [0.25, 0.3) is 0 Å². The lowest BCUT2D eigenvalue weighted by Crippen LogP contribution is -2.33. The lowest BCUT2D eigenvalue weighted by atomic mass is 10.0. The molecular formula is C25H21N5O2. The van der Waals surface area contributed by atoms with Gasteiger partial charge in [0.05, 0.1) is 12.6 Å². The molecule has 32 heavy (non-hydrogen) atoms. The van der Waals surface area contributed by atoms with Gasteiger partial charge in [-0.1, -0.05) is 36.4 Å². The van der Waals surface area contributed by atoms with Crippen LogP contribution in [0.4, 0.5) is 10.5 Å². The van der Waals surface area contributed by atoms with Crippen molar-refractivity contribution in [3.8, 4) is 23.6 Å². The summed E-state index contributed by atoms with van der Waals surface area (Å²) in [5.74, 6) is 2.65. The standard InChI is InChI=1S/C25H21N5O2/c1-3-21-24(29-23(28-21)10-7-14-26-29)20-16-19(12-11-17(20)2)27-25(31)30-22(13-15-32-30)18-8-5-4-6-9-18/h1,4-12,14,16,22H,13,15H2,2H3,(H,27,31). The van der Waals surface area contributed by atoms with Crippen LogP contribution in [-0.2, 0) is 4.84 Å². The van der Waals surface area contributed by atoms with Gasteiger partial charge in [-0.25, -0.2) is 14.3 Å². The Morgan fingerprint density at radius 1 is 1.19 bits per heavy atom. The first-order chi connectivity index (χ1) is 15.7. The normalized spacial score (nSPS) is 15.6. The van der Waals surface area contributed by atoms with Crippen molar-refractivity contribution < 1.29 is 9.63 Å². The number of hydroxylamine groups is 2. The fourth-order valence-corrected chi connectivity index (χ4v) is 4.01. The molecule has 2 aromatic heterocycles. The van der Waals surface area contributed by atoms with Crippen molar-refractivity contribution in [2.45, 2.75) is 19.4 Å². The summed E-state index contributed by atoms with van der Waals surface area (Å²) in [5.41, 5.74) is 5.40. The molecule has 1 fully saturated rings. The molecule has 4 aromatic rings. The van der Waals surface area contributed by atoms with Crippen LogP contribution in [-0.4, -0.2) is 32.3 Å². The van der Waals surface area contributed by atoms with Crippen molar-refractivity contribution in [2.75, 3.05) is 11.9 Å². The number of benzene rings is 2. The number of fused-ring (bicyclic) bond motifs is 1. The first-order valence-corrected chi connectivity index (χ1v) is 10.3. The number of terminal acetylenes is 1. The molecule has 0 spiro atoms. The Morgan fingerprint density at radius 3 is 2.84 bits per heavy atom. The minimum Gasteiger partial charge on any atom is -0.306 e. The van der Waals surface area contributed by atoms with E-state index in [1.165, 1.54) is 5.06 Å². The highest BCUT2D eigenvalue weighted by Gasteiger charge is 2.32. The number of hydrogen-bond acceptors (Lipinski definition) is 4. The molecule has 2 amide bonds. The maximum absolute atomic E-state index is 13.0. The second-order valence-electron chi connectivity index (χ2n) is 7.58.